The molecule has 124 valence electrons. The first-order valence-corrected chi connectivity index (χ1v) is 8.62. The highest BCUT2D eigenvalue weighted by molar-refractivity contribution is 5.82. The monoisotopic (exact) mass is 321 g/mol. The van der Waals surface area contributed by atoms with Gasteiger partial charge >= 0.3 is 0 Å². The predicted octanol–water partition coefficient (Wildman–Crippen LogP) is 2.99. The van der Waals surface area contributed by atoms with Gasteiger partial charge in [0.05, 0.1) is 5.69 Å². The zero-order chi connectivity index (χ0) is 16.4. The fraction of sp³-hybridized carbons (Fsp3) is 0.368. The molecule has 5 heteroatoms. The van der Waals surface area contributed by atoms with Gasteiger partial charge in [0.25, 0.3) is 0 Å². The van der Waals surface area contributed by atoms with E-state index in [9.17, 15) is 0 Å². The van der Waals surface area contributed by atoms with Gasteiger partial charge in [-0.15, -0.1) is 0 Å². The standard InChI is InChI=1S/C19H23N5/c20-19-18(21-7-8-22-19)10-14-4-3-9-24(12-14)13-15-11-23-17-6-2-1-5-16(15)17/h1-2,5-8,11,14,23H,3-4,9-10,12-13H2,(H2,20,22)/t14-/m1/s1. The van der Waals surface area contributed by atoms with Crippen molar-refractivity contribution in [1.29, 1.82) is 0 Å². The second-order valence-corrected chi connectivity index (χ2v) is 6.70. The number of nitrogen functional groups attached to an aromatic ring is 1. The second-order valence-electron chi connectivity index (χ2n) is 6.70. The Morgan fingerprint density at radius 1 is 1.21 bits per heavy atom. The van der Waals surface area contributed by atoms with E-state index in [0.717, 1.165) is 31.7 Å². The number of anilines is 1. The maximum atomic E-state index is 5.95. The number of nitrogens with one attached hydrogen (secondary N) is 1. The molecule has 0 amide bonds. The minimum absolute atomic E-state index is 0.575. The van der Waals surface area contributed by atoms with Crippen LogP contribution in [0.2, 0.25) is 0 Å². The van der Waals surface area contributed by atoms with E-state index in [1.807, 2.05) is 0 Å². The number of aromatic nitrogens is 3. The summed E-state index contributed by atoms with van der Waals surface area (Å²) in [4.78, 5) is 14.5. The topological polar surface area (TPSA) is 70.8 Å². The quantitative estimate of drug-likeness (QED) is 0.775. The van der Waals surface area contributed by atoms with Gasteiger partial charge in [0, 0.05) is 42.6 Å². The number of aromatic amines is 1. The minimum atomic E-state index is 0.575. The molecule has 1 aromatic carbocycles. The van der Waals surface area contributed by atoms with Crippen LogP contribution in [0.25, 0.3) is 10.9 Å². The Labute approximate surface area is 141 Å². The van der Waals surface area contributed by atoms with E-state index in [1.54, 1.807) is 12.4 Å². The van der Waals surface area contributed by atoms with Crippen molar-refractivity contribution in [3.05, 3.63) is 54.1 Å². The molecule has 24 heavy (non-hydrogen) atoms. The van der Waals surface area contributed by atoms with Gasteiger partial charge < -0.3 is 10.7 Å². The maximum Gasteiger partial charge on any atom is 0.145 e. The van der Waals surface area contributed by atoms with Gasteiger partial charge in [0.15, 0.2) is 0 Å². The Kier molecular flexibility index (Phi) is 4.17. The molecule has 0 aliphatic carbocycles. The highest BCUT2D eigenvalue weighted by Gasteiger charge is 2.22. The first-order chi connectivity index (χ1) is 11.8. The summed E-state index contributed by atoms with van der Waals surface area (Å²) in [5.74, 6) is 1.18. The third-order valence-electron chi connectivity index (χ3n) is 4.96. The van der Waals surface area contributed by atoms with Crippen LogP contribution in [-0.4, -0.2) is 32.9 Å². The molecule has 1 aliphatic rings. The molecule has 5 nitrogen and oxygen atoms in total. The van der Waals surface area contributed by atoms with Crippen molar-refractivity contribution in [1.82, 2.24) is 19.9 Å². The van der Waals surface area contributed by atoms with Crippen LogP contribution < -0.4 is 5.73 Å². The first kappa shape index (κ1) is 15.1. The van der Waals surface area contributed by atoms with Crippen LogP contribution in [0.5, 0.6) is 0 Å². The molecule has 3 N–H and O–H groups in total. The summed E-state index contributed by atoms with van der Waals surface area (Å²) in [5.41, 5.74) is 9.49. The number of para-hydroxylation sites is 1. The zero-order valence-electron chi connectivity index (χ0n) is 13.8. The third-order valence-corrected chi connectivity index (χ3v) is 4.96. The van der Waals surface area contributed by atoms with Gasteiger partial charge in [-0.2, -0.15) is 0 Å². The average molecular weight is 321 g/mol. The Hall–Kier alpha value is -2.40. The molecule has 1 saturated heterocycles. The lowest BCUT2D eigenvalue weighted by atomic mass is 9.93. The van der Waals surface area contributed by atoms with Crippen LogP contribution in [0, 0.1) is 5.92 Å². The summed E-state index contributed by atoms with van der Waals surface area (Å²) in [6, 6.07) is 8.51. The molecule has 1 atom stereocenters. The first-order valence-electron chi connectivity index (χ1n) is 8.62. The van der Waals surface area contributed by atoms with Crippen LogP contribution in [0.15, 0.2) is 42.9 Å². The van der Waals surface area contributed by atoms with Crippen molar-refractivity contribution in [2.75, 3.05) is 18.8 Å². The minimum Gasteiger partial charge on any atom is -0.382 e. The van der Waals surface area contributed by atoms with Crippen LogP contribution in [0.1, 0.15) is 24.1 Å². The number of piperidine rings is 1. The van der Waals surface area contributed by atoms with E-state index in [1.165, 1.54) is 29.3 Å². The van der Waals surface area contributed by atoms with E-state index in [2.05, 4.69) is 50.3 Å². The number of hydrogen-bond donors (Lipinski definition) is 2. The maximum absolute atomic E-state index is 5.95. The fourth-order valence-electron chi connectivity index (χ4n) is 3.77. The average Bonchev–Trinajstić information content (AvgIpc) is 3.01. The van der Waals surface area contributed by atoms with Gasteiger partial charge in [-0.25, -0.2) is 4.98 Å². The summed E-state index contributed by atoms with van der Waals surface area (Å²) in [7, 11) is 0. The number of hydrogen-bond acceptors (Lipinski definition) is 4. The smallest absolute Gasteiger partial charge is 0.145 e. The van der Waals surface area contributed by atoms with Crippen molar-refractivity contribution in [3.63, 3.8) is 0 Å². The van der Waals surface area contributed by atoms with Crippen molar-refractivity contribution in [3.8, 4) is 0 Å². The van der Waals surface area contributed by atoms with Crippen molar-refractivity contribution >= 4 is 16.7 Å². The Bertz CT molecular complexity index is 825. The van der Waals surface area contributed by atoms with Gasteiger partial charge in [-0.05, 0) is 43.4 Å². The lowest BCUT2D eigenvalue weighted by molar-refractivity contribution is 0.167. The largest absolute Gasteiger partial charge is 0.382 e. The number of likely N-dealkylation sites (tertiary alicyclic amines) is 1. The Morgan fingerprint density at radius 3 is 3.00 bits per heavy atom. The summed E-state index contributed by atoms with van der Waals surface area (Å²) in [6.07, 6.45) is 8.92. The molecule has 3 heterocycles. The molecule has 4 rings (SSSR count). The molecule has 0 unspecified atom stereocenters. The van der Waals surface area contributed by atoms with Gasteiger partial charge in [-0.1, -0.05) is 18.2 Å². The van der Waals surface area contributed by atoms with E-state index in [-0.39, 0.29) is 0 Å². The summed E-state index contributed by atoms with van der Waals surface area (Å²) < 4.78 is 0. The second kappa shape index (κ2) is 6.61. The lowest BCUT2D eigenvalue weighted by Gasteiger charge is -2.32. The Balaban J connectivity index is 1.44. The molecular formula is C19H23N5. The van der Waals surface area contributed by atoms with E-state index < -0.39 is 0 Å². The molecular weight excluding hydrogens is 298 g/mol. The third kappa shape index (κ3) is 3.12. The molecule has 0 bridgehead atoms. The molecule has 3 aromatic rings. The van der Waals surface area contributed by atoms with E-state index >= 15 is 0 Å². The zero-order valence-corrected chi connectivity index (χ0v) is 13.8. The molecule has 0 spiro atoms. The van der Waals surface area contributed by atoms with Gasteiger partial charge in [-0.3, -0.25) is 9.88 Å². The number of H-pyrrole nitrogens is 1. The van der Waals surface area contributed by atoms with Gasteiger partial charge in [0.2, 0.25) is 0 Å². The van der Waals surface area contributed by atoms with Crippen LogP contribution in [-0.2, 0) is 13.0 Å². The number of fused-ring (bicyclic) bond motifs is 1. The highest BCUT2D eigenvalue weighted by atomic mass is 15.1. The lowest BCUT2D eigenvalue weighted by Crippen LogP contribution is -2.35. The van der Waals surface area contributed by atoms with Crippen molar-refractivity contribution in [2.24, 2.45) is 5.92 Å². The summed E-state index contributed by atoms with van der Waals surface area (Å²) in [5, 5.41) is 1.33. The van der Waals surface area contributed by atoms with Crippen molar-refractivity contribution < 1.29 is 0 Å². The van der Waals surface area contributed by atoms with Crippen LogP contribution >= 0.6 is 0 Å². The molecule has 1 aliphatic heterocycles. The molecule has 1 fully saturated rings. The van der Waals surface area contributed by atoms with Crippen molar-refractivity contribution in [2.45, 2.75) is 25.8 Å². The molecule has 2 aromatic heterocycles. The van der Waals surface area contributed by atoms with Gasteiger partial charge in [0.1, 0.15) is 5.82 Å². The van der Waals surface area contributed by atoms with Crippen LogP contribution in [0.4, 0.5) is 5.82 Å². The normalized spacial score (nSPS) is 18.9. The highest BCUT2D eigenvalue weighted by Crippen LogP contribution is 2.25. The summed E-state index contributed by atoms with van der Waals surface area (Å²) in [6.45, 7) is 3.25. The molecule has 0 radical (unpaired) electrons. The molecule has 0 saturated carbocycles. The number of rotatable bonds is 4. The number of nitrogens with two attached hydrogens (primary N) is 1. The number of benzene rings is 1. The predicted molar refractivity (Wildman–Crippen MR) is 96.4 cm³/mol. The number of nitrogens with zero attached hydrogens (tertiary/aromatic N) is 3. The SMILES string of the molecule is Nc1nccnc1C[C@H]1CCCN(Cc2c[nH]c3ccccc23)C1. The van der Waals surface area contributed by atoms with E-state index in [0.29, 0.717) is 11.7 Å². The van der Waals surface area contributed by atoms with E-state index in [4.69, 9.17) is 5.73 Å². The summed E-state index contributed by atoms with van der Waals surface area (Å²) >= 11 is 0. The fourth-order valence-corrected chi connectivity index (χ4v) is 3.77. The van der Waals surface area contributed by atoms with Crippen LogP contribution in [0.3, 0.4) is 0 Å². The Morgan fingerprint density at radius 2 is 2.08 bits per heavy atom.